The Morgan fingerprint density at radius 3 is 2.50 bits per heavy atom. The summed E-state index contributed by atoms with van der Waals surface area (Å²) in [7, 11) is 0. The first-order chi connectivity index (χ1) is 6.75. The van der Waals surface area contributed by atoms with Gasteiger partial charge in [-0.1, -0.05) is 18.6 Å². The smallest absolute Gasteiger partial charge is 0.123 e. The molecule has 1 aromatic carbocycles. The molecule has 1 fully saturated rings. The summed E-state index contributed by atoms with van der Waals surface area (Å²) in [5.74, 6) is 0.182. The van der Waals surface area contributed by atoms with Crippen LogP contribution in [0.15, 0.2) is 24.3 Å². The summed E-state index contributed by atoms with van der Waals surface area (Å²) in [6.07, 6.45) is 3.86. The van der Waals surface area contributed by atoms with Crippen LogP contribution >= 0.6 is 0 Å². The Bertz CT molecular complexity index is 294. The molecule has 76 valence electrons. The molecule has 0 aromatic heterocycles. The monoisotopic (exact) mass is 194 g/mol. The first kappa shape index (κ1) is 9.66. The lowest BCUT2D eigenvalue weighted by atomic mass is 9.96. The molecule has 1 N–H and O–H groups in total. The van der Waals surface area contributed by atoms with Crippen LogP contribution in [-0.2, 0) is 6.42 Å². The second kappa shape index (κ2) is 4.09. The van der Waals surface area contributed by atoms with Gasteiger partial charge in [0.15, 0.2) is 0 Å². The van der Waals surface area contributed by atoms with Crippen LogP contribution in [-0.4, -0.2) is 11.2 Å². The maximum Gasteiger partial charge on any atom is 0.123 e. The van der Waals surface area contributed by atoms with Gasteiger partial charge >= 0.3 is 0 Å². The van der Waals surface area contributed by atoms with Crippen LogP contribution in [0.25, 0.3) is 0 Å². The van der Waals surface area contributed by atoms with E-state index >= 15 is 0 Å². The van der Waals surface area contributed by atoms with E-state index in [-0.39, 0.29) is 11.9 Å². The fraction of sp³-hybridized carbons (Fsp3) is 0.500. The molecule has 1 aliphatic rings. The minimum Gasteiger partial charge on any atom is -0.393 e. The Morgan fingerprint density at radius 1 is 1.21 bits per heavy atom. The Hall–Kier alpha value is -0.890. The molecule has 14 heavy (non-hydrogen) atoms. The molecule has 1 saturated carbocycles. The van der Waals surface area contributed by atoms with Crippen molar-refractivity contribution >= 4 is 0 Å². The molecule has 1 aliphatic carbocycles. The highest BCUT2D eigenvalue weighted by Gasteiger charge is 2.24. The first-order valence-electron chi connectivity index (χ1n) is 5.18. The summed E-state index contributed by atoms with van der Waals surface area (Å²) in [6.45, 7) is 0. The number of halogens is 1. The minimum absolute atomic E-state index is 0.153. The summed E-state index contributed by atoms with van der Waals surface area (Å²) < 4.78 is 12.6. The molecule has 0 spiro atoms. The van der Waals surface area contributed by atoms with Crippen molar-refractivity contribution in [2.75, 3.05) is 0 Å². The number of rotatable bonds is 2. The van der Waals surface area contributed by atoms with Crippen molar-refractivity contribution in [3.05, 3.63) is 35.6 Å². The van der Waals surface area contributed by atoms with Gasteiger partial charge in [-0.25, -0.2) is 4.39 Å². The highest BCUT2D eigenvalue weighted by Crippen LogP contribution is 2.28. The zero-order chi connectivity index (χ0) is 9.97. The van der Waals surface area contributed by atoms with Crippen LogP contribution in [0.2, 0.25) is 0 Å². The van der Waals surface area contributed by atoms with Crippen LogP contribution in [0.3, 0.4) is 0 Å². The molecule has 0 heterocycles. The highest BCUT2D eigenvalue weighted by atomic mass is 19.1. The molecule has 0 saturated heterocycles. The van der Waals surface area contributed by atoms with Crippen molar-refractivity contribution in [1.29, 1.82) is 0 Å². The topological polar surface area (TPSA) is 20.2 Å². The van der Waals surface area contributed by atoms with Crippen LogP contribution in [0, 0.1) is 11.7 Å². The molecular weight excluding hydrogens is 179 g/mol. The SMILES string of the molecule is OC1CCCC1Cc1ccc(F)cc1. The van der Waals surface area contributed by atoms with Gasteiger partial charge in [0, 0.05) is 0 Å². The summed E-state index contributed by atoms with van der Waals surface area (Å²) >= 11 is 0. The molecule has 2 rings (SSSR count). The van der Waals surface area contributed by atoms with Crippen molar-refractivity contribution in [2.24, 2.45) is 5.92 Å². The molecular formula is C12H15FO. The van der Waals surface area contributed by atoms with Crippen LogP contribution < -0.4 is 0 Å². The average Bonchev–Trinajstić information content (AvgIpc) is 2.56. The average molecular weight is 194 g/mol. The van der Waals surface area contributed by atoms with Gasteiger partial charge < -0.3 is 5.11 Å². The van der Waals surface area contributed by atoms with Gasteiger partial charge in [-0.2, -0.15) is 0 Å². The van der Waals surface area contributed by atoms with Crippen LogP contribution in [0.4, 0.5) is 4.39 Å². The Morgan fingerprint density at radius 2 is 1.93 bits per heavy atom. The number of hydrogen-bond donors (Lipinski definition) is 1. The second-order valence-electron chi connectivity index (χ2n) is 4.09. The van der Waals surface area contributed by atoms with E-state index in [0.717, 1.165) is 31.2 Å². The predicted octanol–water partition coefficient (Wildman–Crippen LogP) is 2.53. The summed E-state index contributed by atoms with van der Waals surface area (Å²) in [5.41, 5.74) is 1.12. The van der Waals surface area contributed by atoms with Crippen molar-refractivity contribution in [3.8, 4) is 0 Å². The van der Waals surface area contributed by atoms with E-state index in [2.05, 4.69) is 0 Å². The lowest BCUT2D eigenvalue weighted by molar-refractivity contribution is 0.132. The van der Waals surface area contributed by atoms with Gasteiger partial charge in [0.1, 0.15) is 5.82 Å². The standard InChI is InChI=1S/C12H15FO/c13-11-6-4-9(5-7-11)8-10-2-1-3-12(10)14/h4-7,10,12,14H,1-3,8H2. The molecule has 1 nitrogen and oxygen atoms in total. The van der Waals surface area contributed by atoms with Crippen LogP contribution in [0.5, 0.6) is 0 Å². The third-order valence-electron chi connectivity index (χ3n) is 3.03. The molecule has 0 aliphatic heterocycles. The highest BCUT2D eigenvalue weighted by molar-refractivity contribution is 5.17. The largest absolute Gasteiger partial charge is 0.393 e. The van der Waals surface area contributed by atoms with Gasteiger partial charge in [0.2, 0.25) is 0 Å². The van der Waals surface area contributed by atoms with Gasteiger partial charge in [0.05, 0.1) is 6.10 Å². The summed E-state index contributed by atoms with van der Waals surface area (Å²) in [4.78, 5) is 0. The number of benzene rings is 1. The lowest BCUT2D eigenvalue weighted by Gasteiger charge is -2.13. The Labute approximate surface area is 83.6 Å². The van der Waals surface area contributed by atoms with Gasteiger partial charge in [-0.3, -0.25) is 0 Å². The van der Waals surface area contributed by atoms with E-state index in [1.54, 1.807) is 12.1 Å². The number of aliphatic hydroxyl groups is 1. The molecule has 0 radical (unpaired) electrons. The van der Waals surface area contributed by atoms with Gasteiger partial charge in [-0.15, -0.1) is 0 Å². The third-order valence-corrected chi connectivity index (χ3v) is 3.03. The maximum atomic E-state index is 12.6. The van der Waals surface area contributed by atoms with E-state index < -0.39 is 0 Å². The maximum absolute atomic E-state index is 12.6. The normalized spacial score (nSPS) is 26.7. The van der Waals surface area contributed by atoms with Crippen molar-refractivity contribution in [3.63, 3.8) is 0 Å². The van der Waals surface area contributed by atoms with Crippen molar-refractivity contribution < 1.29 is 9.50 Å². The number of hydrogen-bond acceptors (Lipinski definition) is 1. The number of aliphatic hydroxyl groups excluding tert-OH is 1. The molecule has 1 aromatic rings. The van der Waals surface area contributed by atoms with E-state index in [1.165, 1.54) is 12.1 Å². The fourth-order valence-electron chi connectivity index (χ4n) is 2.18. The van der Waals surface area contributed by atoms with E-state index in [0.29, 0.717) is 5.92 Å². The fourth-order valence-corrected chi connectivity index (χ4v) is 2.18. The molecule has 2 atom stereocenters. The van der Waals surface area contributed by atoms with E-state index in [4.69, 9.17) is 0 Å². The zero-order valence-corrected chi connectivity index (χ0v) is 8.12. The van der Waals surface area contributed by atoms with Crippen molar-refractivity contribution in [1.82, 2.24) is 0 Å². The second-order valence-corrected chi connectivity index (χ2v) is 4.09. The summed E-state index contributed by atoms with van der Waals surface area (Å²) in [5, 5.41) is 9.63. The lowest BCUT2D eigenvalue weighted by Crippen LogP contribution is -2.15. The third kappa shape index (κ3) is 2.13. The predicted molar refractivity (Wildman–Crippen MR) is 53.5 cm³/mol. The first-order valence-corrected chi connectivity index (χ1v) is 5.18. The molecule has 0 amide bonds. The van der Waals surface area contributed by atoms with E-state index in [1.807, 2.05) is 0 Å². The van der Waals surface area contributed by atoms with Crippen molar-refractivity contribution in [2.45, 2.75) is 31.8 Å². The molecule has 0 bridgehead atoms. The zero-order valence-electron chi connectivity index (χ0n) is 8.12. The molecule has 2 heteroatoms. The van der Waals surface area contributed by atoms with Crippen LogP contribution in [0.1, 0.15) is 24.8 Å². The van der Waals surface area contributed by atoms with Gasteiger partial charge in [0.25, 0.3) is 0 Å². The molecule has 2 unspecified atom stereocenters. The quantitative estimate of drug-likeness (QED) is 0.767. The Balaban J connectivity index is 2.00. The van der Waals surface area contributed by atoms with Gasteiger partial charge in [-0.05, 0) is 42.9 Å². The minimum atomic E-state index is -0.194. The Kier molecular flexibility index (Phi) is 2.82. The van der Waals surface area contributed by atoms with E-state index in [9.17, 15) is 9.50 Å². The summed E-state index contributed by atoms with van der Waals surface area (Å²) in [6, 6.07) is 6.58.